The van der Waals surface area contributed by atoms with Crippen LogP contribution in [0.4, 0.5) is 10.5 Å². The Morgan fingerprint density at radius 1 is 0.920 bits per heavy atom. The molecule has 0 saturated heterocycles. The van der Waals surface area contributed by atoms with Gasteiger partial charge in [0.25, 0.3) is 0 Å². The van der Waals surface area contributed by atoms with Crippen molar-refractivity contribution < 1.29 is 9.59 Å². The van der Waals surface area contributed by atoms with E-state index in [4.69, 9.17) is 0 Å². The lowest BCUT2D eigenvalue weighted by Crippen LogP contribution is -2.48. The predicted molar refractivity (Wildman–Crippen MR) is 100 cm³/mol. The maximum atomic E-state index is 12.6. The van der Waals surface area contributed by atoms with E-state index in [1.165, 1.54) is 0 Å². The molecular weight excluding hydrogens is 314 g/mol. The summed E-state index contributed by atoms with van der Waals surface area (Å²) in [4.78, 5) is 24.7. The molecule has 0 unspecified atom stereocenters. The summed E-state index contributed by atoms with van der Waals surface area (Å²) >= 11 is 0. The Hall–Kier alpha value is -2.82. The fourth-order valence-electron chi connectivity index (χ4n) is 2.54. The van der Waals surface area contributed by atoms with Gasteiger partial charge in [-0.1, -0.05) is 61.9 Å². The van der Waals surface area contributed by atoms with Crippen molar-refractivity contribution >= 4 is 17.6 Å². The highest BCUT2D eigenvalue weighted by Gasteiger charge is 2.21. The summed E-state index contributed by atoms with van der Waals surface area (Å²) in [6.45, 7) is 3.91. The first-order valence-electron chi connectivity index (χ1n) is 8.58. The van der Waals surface area contributed by atoms with E-state index in [1.807, 2.05) is 62.4 Å². The summed E-state index contributed by atoms with van der Waals surface area (Å²) in [5.74, 6) is -0.179. The molecule has 2 aromatic rings. The molecule has 0 radical (unpaired) electrons. The number of urea groups is 1. The van der Waals surface area contributed by atoms with E-state index < -0.39 is 6.04 Å². The minimum Gasteiger partial charge on any atom is -0.348 e. The molecule has 0 aliphatic carbocycles. The first-order valence-corrected chi connectivity index (χ1v) is 8.58. The fraction of sp³-hybridized carbons (Fsp3) is 0.300. The van der Waals surface area contributed by atoms with Crippen LogP contribution in [0.3, 0.4) is 0 Å². The summed E-state index contributed by atoms with van der Waals surface area (Å²) in [6, 6.07) is 17.8. The minimum atomic E-state index is -0.570. The first kappa shape index (κ1) is 18.5. The number of para-hydroxylation sites is 1. The molecule has 0 heterocycles. The van der Waals surface area contributed by atoms with Crippen LogP contribution < -0.4 is 16.0 Å². The Kier molecular flexibility index (Phi) is 7.01. The topological polar surface area (TPSA) is 70.2 Å². The average Bonchev–Trinajstić information content (AvgIpc) is 2.62. The van der Waals surface area contributed by atoms with Crippen LogP contribution in [0.25, 0.3) is 0 Å². The zero-order valence-electron chi connectivity index (χ0n) is 14.7. The molecule has 2 aromatic carbocycles. The number of benzene rings is 2. The van der Waals surface area contributed by atoms with Crippen LogP contribution in [-0.2, 0) is 4.79 Å². The number of anilines is 1. The van der Waals surface area contributed by atoms with Crippen molar-refractivity contribution in [2.45, 2.75) is 38.8 Å². The van der Waals surface area contributed by atoms with Crippen molar-refractivity contribution in [2.24, 2.45) is 0 Å². The summed E-state index contributed by atoms with van der Waals surface area (Å²) < 4.78 is 0. The average molecular weight is 339 g/mol. The van der Waals surface area contributed by atoms with Crippen molar-refractivity contribution in [3.05, 3.63) is 66.2 Å². The standard InChI is InChI=1S/C20H25N3O2/c1-3-10-18(23-20(25)22-17-13-8-5-9-14-17)19(24)21-15(2)16-11-6-4-7-12-16/h4-9,11-15,18H,3,10H2,1-2H3,(H,21,24)(H2,22,23,25)/t15-,18-/m0/s1. The van der Waals surface area contributed by atoms with E-state index in [0.29, 0.717) is 12.1 Å². The van der Waals surface area contributed by atoms with Crippen molar-refractivity contribution in [3.63, 3.8) is 0 Å². The number of hydrogen-bond donors (Lipinski definition) is 3. The van der Waals surface area contributed by atoms with E-state index in [2.05, 4.69) is 16.0 Å². The molecule has 0 saturated carbocycles. The zero-order chi connectivity index (χ0) is 18.1. The van der Waals surface area contributed by atoms with Crippen LogP contribution in [0.2, 0.25) is 0 Å². The van der Waals surface area contributed by atoms with Crippen LogP contribution in [-0.4, -0.2) is 18.0 Å². The summed E-state index contributed by atoms with van der Waals surface area (Å²) in [5, 5.41) is 8.47. The van der Waals surface area contributed by atoms with Gasteiger partial charge >= 0.3 is 6.03 Å². The Bertz CT molecular complexity index is 674. The molecular formula is C20H25N3O2. The monoisotopic (exact) mass is 339 g/mol. The van der Waals surface area contributed by atoms with Gasteiger partial charge in [-0.2, -0.15) is 0 Å². The van der Waals surface area contributed by atoms with Crippen LogP contribution in [0.5, 0.6) is 0 Å². The Morgan fingerprint density at radius 3 is 2.12 bits per heavy atom. The SMILES string of the molecule is CCC[C@H](NC(=O)Nc1ccccc1)C(=O)N[C@@H](C)c1ccccc1. The number of nitrogens with one attached hydrogen (secondary N) is 3. The largest absolute Gasteiger partial charge is 0.348 e. The lowest BCUT2D eigenvalue weighted by molar-refractivity contribution is -0.123. The van der Waals surface area contributed by atoms with Gasteiger partial charge in [-0.15, -0.1) is 0 Å². The highest BCUT2D eigenvalue weighted by atomic mass is 16.2. The maximum Gasteiger partial charge on any atom is 0.319 e. The Morgan fingerprint density at radius 2 is 1.52 bits per heavy atom. The molecule has 25 heavy (non-hydrogen) atoms. The Balaban J connectivity index is 1.94. The summed E-state index contributed by atoms with van der Waals surface area (Å²) in [6.07, 6.45) is 1.37. The van der Waals surface area contributed by atoms with Crippen molar-refractivity contribution in [2.75, 3.05) is 5.32 Å². The first-order chi connectivity index (χ1) is 12.1. The second-order valence-corrected chi connectivity index (χ2v) is 5.95. The van der Waals surface area contributed by atoms with Crippen molar-refractivity contribution in [1.82, 2.24) is 10.6 Å². The van der Waals surface area contributed by atoms with E-state index >= 15 is 0 Å². The quantitative estimate of drug-likeness (QED) is 0.717. The van der Waals surface area contributed by atoms with Gasteiger partial charge < -0.3 is 16.0 Å². The van der Waals surface area contributed by atoms with E-state index in [9.17, 15) is 9.59 Å². The third kappa shape index (κ3) is 5.95. The summed E-state index contributed by atoms with van der Waals surface area (Å²) in [5.41, 5.74) is 1.72. The third-order valence-electron chi connectivity index (χ3n) is 3.89. The van der Waals surface area contributed by atoms with E-state index in [1.54, 1.807) is 12.1 Å². The van der Waals surface area contributed by atoms with Gasteiger partial charge in [0, 0.05) is 5.69 Å². The zero-order valence-corrected chi connectivity index (χ0v) is 14.7. The van der Waals surface area contributed by atoms with Crippen molar-refractivity contribution in [3.8, 4) is 0 Å². The van der Waals surface area contributed by atoms with Crippen molar-refractivity contribution in [1.29, 1.82) is 0 Å². The van der Waals surface area contributed by atoms with Gasteiger partial charge in [0.1, 0.15) is 6.04 Å². The second-order valence-electron chi connectivity index (χ2n) is 5.95. The minimum absolute atomic E-state index is 0.118. The van der Waals surface area contributed by atoms with Gasteiger partial charge in [-0.3, -0.25) is 4.79 Å². The van der Waals surface area contributed by atoms with Crippen LogP contribution in [0, 0.1) is 0 Å². The van der Waals surface area contributed by atoms with Gasteiger partial charge in [-0.05, 0) is 31.0 Å². The van der Waals surface area contributed by atoms with Crippen LogP contribution in [0.1, 0.15) is 38.3 Å². The third-order valence-corrected chi connectivity index (χ3v) is 3.89. The maximum absolute atomic E-state index is 12.6. The Labute approximate surface area is 148 Å². The molecule has 5 heteroatoms. The molecule has 0 spiro atoms. The predicted octanol–water partition coefficient (Wildman–Crippen LogP) is 3.85. The normalized spacial score (nSPS) is 12.7. The number of carbonyl (C=O) groups excluding carboxylic acids is 2. The van der Waals surface area contributed by atoms with Gasteiger partial charge in [-0.25, -0.2) is 4.79 Å². The number of rotatable bonds is 7. The highest BCUT2D eigenvalue weighted by Crippen LogP contribution is 2.12. The molecule has 0 fully saturated rings. The molecule has 3 N–H and O–H groups in total. The molecule has 2 atom stereocenters. The second kappa shape index (κ2) is 9.47. The lowest BCUT2D eigenvalue weighted by atomic mass is 10.1. The van der Waals surface area contributed by atoms with Gasteiger partial charge in [0.2, 0.25) is 5.91 Å². The lowest BCUT2D eigenvalue weighted by Gasteiger charge is -2.21. The molecule has 5 nitrogen and oxygen atoms in total. The number of amides is 3. The number of carbonyl (C=O) groups is 2. The summed E-state index contributed by atoms with van der Waals surface area (Å²) in [7, 11) is 0. The molecule has 0 bridgehead atoms. The van der Waals surface area contributed by atoms with E-state index in [0.717, 1.165) is 12.0 Å². The fourth-order valence-corrected chi connectivity index (χ4v) is 2.54. The molecule has 3 amide bonds. The van der Waals surface area contributed by atoms with Crippen LogP contribution >= 0.6 is 0 Å². The van der Waals surface area contributed by atoms with Gasteiger partial charge in [0.05, 0.1) is 6.04 Å². The van der Waals surface area contributed by atoms with E-state index in [-0.39, 0.29) is 18.0 Å². The molecule has 0 aromatic heterocycles. The molecule has 132 valence electrons. The smallest absolute Gasteiger partial charge is 0.319 e. The van der Waals surface area contributed by atoms with Crippen LogP contribution in [0.15, 0.2) is 60.7 Å². The highest BCUT2D eigenvalue weighted by molar-refractivity contribution is 5.93. The number of hydrogen-bond acceptors (Lipinski definition) is 2. The molecule has 0 aliphatic heterocycles. The molecule has 0 aliphatic rings. The van der Waals surface area contributed by atoms with Gasteiger partial charge in [0.15, 0.2) is 0 Å². The molecule has 2 rings (SSSR count).